The Hall–Kier alpha value is -0.440. The Labute approximate surface area is 111 Å². The Kier molecular flexibility index (Phi) is 4.18. The van der Waals surface area contributed by atoms with E-state index in [4.69, 9.17) is 27.9 Å². The van der Waals surface area contributed by atoms with E-state index in [2.05, 4.69) is 0 Å². The molecule has 1 fully saturated rings. The van der Waals surface area contributed by atoms with Crippen molar-refractivity contribution < 1.29 is 9.84 Å². The maximum Gasteiger partial charge on any atom is 0.140 e. The Morgan fingerprint density at radius 3 is 2.53 bits per heavy atom. The van der Waals surface area contributed by atoms with Gasteiger partial charge in [0.05, 0.1) is 11.6 Å². The monoisotopic (exact) mass is 274 g/mol. The summed E-state index contributed by atoms with van der Waals surface area (Å²) in [6.07, 6.45) is 5.10. The zero-order valence-corrected chi connectivity index (χ0v) is 11.1. The minimum absolute atomic E-state index is 0.0237. The Morgan fingerprint density at radius 2 is 1.88 bits per heavy atom. The van der Waals surface area contributed by atoms with Gasteiger partial charge >= 0.3 is 0 Å². The lowest BCUT2D eigenvalue weighted by atomic mass is 9.85. The van der Waals surface area contributed by atoms with Crippen molar-refractivity contribution in [2.45, 2.75) is 37.7 Å². The molecule has 94 valence electrons. The molecule has 0 radical (unpaired) electrons. The molecule has 1 aromatic carbocycles. The zero-order valence-electron chi connectivity index (χ0n) is 9.59. The standard InChI is InChI=1S/C13H16Cl2O2/c14-10-4-5-11(15)12(8-10)17-13(9-16)6-2-1-3-7-13/h4-5,8,16H,1-3,6-7,9H2. The van der Waals surface area contributed by atoms with Gasteiger partial charge in [-0.3, -0.25) is 0 Å². The highest BCUT2D eigenvalue weighted by atomic mass is 35.5. The van der Waals surface area contributed by atoms with Crippen LogP contribution < -0.4 is 4.74 Å². The summed E-state index contributed by atoms with van der Waals surface area (Å²) in [6.45, 7) is 0.0237. The van der Waals surface area contributed by atoms with E-state index in [1.807, 2.05) is 0 Å². The van der Waals surface area contributed by atoms with Crippen LogP contribution in [0.1, 0.15) is 32.1 Å². The summed E-state index contributed by atoms with van der Waals surface area (Å²) in [5, 5.41) is 10.7. The van der Waals surface area contributed by atoms with Crippen LogP contribution in [0.25, 0.3) is 0 Å². The third kappa shape index (κ3) is 3.06. The summed E-state index contributed by atoms with van der Waals surface area (Å²) in [7, 11) is 0. The number of hydrogen-bond acceptors (Lipinski definition) is 2. The molecule has 1 saturated carbocycles. The van der Waals surface area contributed by atoms with E-state index in [-0.39, 0.29) is 6.61 Å². The van der Waals surface area contributed by atoms with Crippen molar-refractivity contribution in [3.05, 3.63) is 28.2 Å². The van der Waals surface area contributed by atoms with Crippen molar-refractivity contribution in [1.82, 2.24) is 0 Å². The molecule has 2 nitrogen and oxygen atoms in total. The fraction of sp³-hybridized carbons (Fsp3) is 0.538. The van der Waals surface area contributed by atoms with E-state index in [0.29, 0.717) is 15.8 Å². The van der Waals surface area contributed by atoms with Crippen molar-refractivity contribution in [1.29, 1.82) is 0 Å². The number of halogens is 2. The highest BCUT2D eigenvalue weighted by Gasteiger charge is 2.34. The zero-order chi connectivity index (χ0) is 12.3. The van der Waals surface area contributed by atoms with Crippen molar-refractivity contribution in [3.8, 4) is 5.75 Å². The van der Waals surface area contributed by atoms with Crippen molar-refractivity contribution in [2.24, 2.45) is 0 Å². The van der Waals surface area contributed by atoms with Gasteiger partial charge < -0.3 is 9.84 Å². The molecule has 0 unspecified atom stereocenters. The number of aliphatic hydroxyl groups is 1. The van der Waals surface area contributed by atoms with Gasteiger partial charge in [0.1, 0.15) is 11.4 Å². The Morgan fingerprint density at radius 1 is 1.18 bits per heavy atom. The van der Waals surface area contributed by atoms with Crippen LogP contribution in [0.15, 0.2) is 18.2 Å². The van der Waals surface area contributed by atoms with Crippen molar-refractivity contribution >= 4 is 23.2 Å². The highest BCUT2D eigenvalue weighted by Crippen LogP contribution is 2.36. The van der Waals surface area contributed by atoms with Crippen molar-refractivity contribution in [3.63, 3.8) is 0 Å². The summed E-state index contributed by atoms with van der Waals surface area (Å²) >= 11 is 12.0. The van der Waals surface area contributed by atoms with Crippen LogP contribution in [-0.4, -0.2) is 17.3 Å². The van der Waals surface area contributed by atoms with Gasteiger partial charge in [-0.25, -0.2) is 0 Å². The number of aliphatic hydroxyl groups excluding tert-OH is 1. The Bertz CT molecular complexity index is 387. The SMILES string of the molecule is OCC1(Oc2cc(Cl)ccc2Cl)CCCCC1. The maximum absolute atomic E-state index is 9.56. The van der Waals surface area contributed by atoms with Crippen LogP contribution in [0.5, 0.6) is 5.75 Å². The molecule has 0 aromatic heterocycles. The molecular formula is C13H16Cl2O2. The average molecular weight is 275 g/mol. The molecule has 1 aliphatic rings. The van der Waals surface area contributed by atoms with E-state index in [0.717, 1.165) is 25.7 Å². The van der Waals surface area contributed by atoms with Crippen LogP contribution >= 0.6 is 23.2 Å². The van der Waals surface area contributed by atoms with E-state index >= 15 is 0 Å². The summed E-state index contributed by atoms with van der Waals surface area (Å²) in [6, 6.07) is 5.15. The third-order valence-electron chi connectivity index (χ3n) is 3.27. The van der Waals surface area contributed by atoms with Crippen LogP contribution in [0.3, 0.4) is 0 Å². The lowest BCUT2D eigenvalue weighted by molar-refractivity contribution is -0.0197. The quantitative estimate of drug-likeness (QED) is 0.901. The molecule has 0 aliphatic heterocycles. The molecule has 0 heterocycles. The molecule has 0 saturated heterocycles. The lowest BCUT2D eigenvalue weighted by Crippen LogP contribution is -2.42. The van der Waals surface area contributed by atoms with Gasteiger partial charge in [0, 0.05) is 11.1 Å². The predicted octanol–water partition coefficient (Wildman–Crippen LogP) is 4.07. The lowest BCUT2D eigenvalue weighted by Gasteiger charge is -2.36. The van der Waals surface area contributed by atoms with Crippen molar-refractivity contribution in [2.75, 3.05) is 6.61 Å². The first-order valence-electron chi connectivity index (χ1n) is 5.90. The molecule has 1 aromatic rings. The second kappa shape index (κ2) is 5.47. The second-order valence-electron chi connectivity index (χ2n) is 4.58. The minimum Gasteiger partial charge on any atom is -0.483 e. The molecule has 0 spiro atoms. The summed E-state index contributed by atoms with van der Waals surface area (Å²) in [4.78, 5) is 0. The van der Waals surface area contributed by atoms with Gasteiger partial charge in [0.25, 0.3) is 0 Å². The molecular weight excluding hydrogens is 259 g/mol. The molecule has 4 heteroatoms. The van der Waals surface area contributed by atoms with Gasteiger partial charge in [-0.05, 0) is 37.8 Å². The summed E-state index contributed by atoms with van der Waals surface area (Å²) in [5.41, 5.74) is -0.480. The summed E-state index contributed by atoms with van der Waals surface area (Å²) < 4.78 is 5.94. The third-order valence-corrected chi connectivity index (χ3v) is 3.82. The smallest absolute Gasteiger partial charge is 0.140 e. The predicted molar refractivity (Wildman–Crippen MR) is 70.0 cm³/mol. The summed E-state index contributed by atoms with van der Waals surface area (Å²) in [5.74, 6) is 0.565. The minimum atomic E-state index is -0.480. The van der Waals surface area contributed by atoms with Crippen LogP contribution in [-0.2, 0) is 0 Å². The number of benzene rings is 1. The number of hydrogen-bond donors (Lipinski definition) is 1. The van der Waals surface area contributed by atoms with Gasteiger partial charge in [-0.1, -0.05) is 29.6 Å². The fourth-order valence-electron chi connectivity index (χ4n) is 2.28. The van der Waals surface area contributed by atoms with Gasteiger partial charge in [-0.2, -0.15) is 0 Å². The van der Waals surface area contributed by atoms with E-state index in [1.165, 1.54) is 6.42 Å². The first-order chi connectivity index (χ1) is 8.15. The first kappa shape index (κ1) is 13.0. The average Bonchev–Trinajstić information content (AvgIpc) is 2.35. The molecule has 17 heavy (non-hydrogen) atoms. The fourth-order valence-corrected chi connectivity index (χ4v) is 2.60. The highest BCUT2D eigenvalue weighted by molar-refractivity contribution is 6.34. The first-order valence-corrected chi connectivity index (χ1v) is 6.66. The number of ether oxygens (including phenoxy) is 1. The largest absolute Gasteiger partial charge is 0.483 e. The van der Waals surface area contributed by atoms with Gasteiger partial charge in [-0.15, -0.1) is 0 Å². The van der Waals surface area contributed by atoms with E-state index < -0.39 is 5.60 Å². The normalized spacial score (nSPS) is 19.0. The molecule has 2 rings (SSSR count). The molecule has 1 N–H and O–H groups in total. The molecule has 0 amide bonds. The molecule has 1 aliphatic carbocycles. The molecule has 0 atom stereocenters. The molecule has 0 bridgehead atoms. The van der Waals surface area contributed by atoms with Gasteiger partial charge in [0.15, 0.2) is 0 Å². The van der Waals surface area contributed by atoms with Gasteiger partial charge in [0.2, 0.25) is 0 Å². The number of rotatable bonds is 3. The van der Waals surface area contributed by atoms with Crippen LogP contribution in [0.2, 0.25) is 10.0 Å². The van der Waals surface area contributed by atoms with Crippen LogP contribution in [0.4, 0.5) is 0 Å². The van der Waals surface area contributed by atoms with E-state index in [1.54, 1.807) is 18.2 Å². The Balaban J connectivity index is 2.20. The van der Waals surface area contributed by atoms with E-state index in [9.17, 15) is 5.11 Å². The topological polar surface area (TPSA) is 29.5 Å². The maximum atomic E-state index is 9.56. The van der Waals surface area contributed by atoms with Crippen LogP contribution in [0, 0.1) is 0 Å². The second-order valence-corrected chi connectivity index (χ2v) is 5.42.